The van der Waals surface area contributed by atoms with Gasteiger partial charge in [-0.1, -0.05) is 13.0 Å². The van der Waals surface area contributed by atoms with E-state index in [1.165, 1.54) is 11.1 Å². The third-order valence-electron chi connectivity index (χ3n) is 3.54. The molecule has 0 spiro atoms. The Morgan fingerprint density at radius 3 is 2.90 bits per heavy atom. The van der Waals surface area contributed by atoms with Crippen molar-refractivity contribution in [3.05, 3.63) is 52.4 Å². The third-order valence-corrected chi connectivity index (χ3v) is 3.74. The van der Waals surface area contributed by atoms with Crippen molar-refractivity contribution < 1.29 is 9.15 Å². The van der Waals surface area contributed by atoms with Crippen LogP contribution >= 0.6 is 11.6 Å². The number of hydrogen-bond donors (Lipinski definition) is 1. The summed E-state index contributed by atoms with van der Waals surface area (Å²) in [5.74, 6) is 1.83. The van der Waals surface area contributed by atoms with Gasteiger partial charge >= 0.3 is 0 Å². The molecular weight excluding hydrogens is 274 g/mol. The largest absolute Gasteiger partial charge is 0.490 e. The van der Waals surface area contributed by atoms with Crippen LogP contribution in [0.25, 0.3) is 0 Å². The van der Waals surface area contributed by atoms with Crippen LogP contribution in [0.1, 0.15) is 36.8 Å². The van der Waals surface area contributed by atoms with E-state index in [0.717, 1.165) is 24.5 Å². The molecule has 2 aromatic rings. The van der Waals surface area contributed by atoms with Crippen LogP contribution in [0.3, 0.4) is 0 Å². The van der Waals surface area contributed by atoms with Gasteiger partial charge in [-0.3, -0.25) is 0 Å². The third kappa shape index (κ3) is 2.56. The first-order valence-electron chi connectivity index (χ1n) is 6.95. The van der Waals surface area contributed by atoms with Crippen LogP contribution < -0.4 is 10.1 Å². The lowest BCUT2D eigenvalue weighted by Gasteiger charge is -2.16. The maximum Gasteiger partial charge on any atom is 0.193 e. The number of nitrogens with one attached hydrogen (secondary N) is 1. The van der Waals surface area contributed by atoms with E-state index in [1.807, 2.05) is 12.1 Å². The van der Waals surface area contributed by atoms with Gasteiger partial charge in [0.15, 0.2) is 5.22 Å². The van der Waals surface area contributed by atoms with Gasteiger partial charge in [-0.05, 0) is 60.5 Å². The molecule has 1 N–H and O–H groups in total. The molecule has 0 bridgehead atoms. The second-order valence-electron chi connectivity index (χ2n) is 5.13. The Morgan fingerprint density at radius 1 is 1.35 bits per heavy atom. The molecule has 2 heterocycles. The molecule has 3 nitrogen and oxygen atoms in total. The summed E-state index contributed by atoms with van der Waals surface area (Å²) < 4.78 is 11.3. The van der Waals surface area contributed by atoms with Crippen LogP contribution in [-0.4, -0.2) is 12.6 Å². The van der Waals surface area contributed by atoms with Crippen molar-refractivity contribution in [3.63, 3.8) is 0 Å². The topological polar surface area (TPSA) is 34.4 Å². The zero-order valence-electron chi connectivity index (χ0n) is 11.7. The molecule has 4 heteroatoms. The molecule has 1 aromatic carbocycles. The quantitative estimate of drug-likeness (QED) is 0.926. The van der Waals surface area contributed by atoms with Gasteiger partial charge in [-0.25, -0.2) is 0 Å². The Hall–Kier alpha value is -1.45. The van der Waals surface area contributed by atoms with Crippen molar-refractivity contribution in [1.29, 1.82) is 0 Å². The van der Waals surface area contributed by atoms with E-state index in [1.54, 1.807) is 6.07 Å². The molecule has 0 fully saturated rings. The molecule has 0 amide bonds. The summed E-state index contributed by atoms with van der Waals surface area (Å²) in [6, 6.07) is 10.0. The number of fused-ring (bicyclic) bond motifs is 1. The van der Waals surface area contributed by atoms with Crippen molar-refractivity contribution in [2.24, 2.45) is 0 Å². The Kier molecular flexibility index (Phi) is 3.72. The molecule has 20 heavy (non-hydrogen) atoms. The van der Waals surface area contributed by atoms with Crippen molar-refractivity contribution in [3.8, 4) is 5.75 Å². The Bertz CT molecular complexity index is 608. The second-order valence-corrected chi connectivity index (χ2v) is 5.50. The van der Waals surface area contributed by atoms with Crippen LogP contribution in [0.4, 0.5) is 0 Å². The van der Waals surface area contributed by atoms with Gasteiger partial charge in [0.05, 0.1) is 6.04 Å². The SMILES string of the molecule is CCNC(c1ccc2c(c1)CC(C)O2)c1ccc(Cl)o1. The highest BCUT2D eigenvalue weighted by molar-refractivity contribution is 6.28. The summed E-state index contributed by atoms with van der Waals surface area (Å²) in [6.07, 6.45) is 1.22. The number of ether oxygens (including phenoxy) is 1. The lowest BCUT2D eigenvalue weighted by Crippen LogP contribution is -2.21. The summed E-state index contributed by atoms with van der Waals surface area (Å²) >= 11 is 5.89. The molecule has 1 aromatic heterocycles. The van der Waals surface area contributed by atoms with Gasteiger partial charge in [0, 0.05) is 6.42 Å². The molecule has 2 atom stereocenters. The highest BCUT2D eigenvalue weighted by Gasteiger charge is 2.23. The van der Waals surface area contributed by atoms with E-state index in [9.17, 15) is 0 Å². The fourth-order valence-corrected chi connectivity index (χ4v) is 2.84. The first kappa shape index (κ1) is 13.5. The van der Waals surface area contributed by atoms with Crippen molar-refractivity contribution in [2.75, 3.05) is 6.54 Å². The lowest BCUT2D eigenvalue weighted by molar-refractivity contribution is 0.254. The fourth-order valence-electron chi connectivity index (χ4n) is 2.69. The first-order chi connectivity index (χ1) is 9.67. The molecular formula is C16H18ClNO2. The van der Waals surface area contributed by atoms with Gasteiger partial charge in [-0.2, -0.15) is 0 Å². The van der Waals surface area contributed by atoms with Crippen molar-refractivity contribution in [1.82, 2.24) is 5.32 Å². The van der Waals surface area contributed by atoms with Crippen LogP contribution in [0.5, 0.6) is 5.75 Å². The van der Waals surface area contributed by atoms with E-state index in [0.29, 0.717) is 5.22 Å². The van der Waals surface area contributed by atoms with Crippen LogP contribution in [0.15, 0.2) is 34.7 Å². The van der Waals surface area contributed by atoms with E-state index in [4.69, 9.17) is 20.8 Å². The monoisotopic (exact) mass is 291 g/mol. The number of benzene rings is 1. The maximum atomic E-state index is 5.89. The van der Waals surface area contributed by atoms with E-state index < -0.39 is 0 Å². The number of halogens is 1. The zero-order chi connectivity index (χ0) is 14.1. The zero-order valence-corrected chi connectivity index (χ0v) is 12.4. The predicted molar refractivity (Wildman–Crippen MR) is 79.5 cm³/mol. The van der Waals surface area contributed by atoms with Gasteiger partial charge in [0.1, 0.15) is 17.6 Å². The van der Waals surface area contributed by atoms with Crippen molar-refractivity contribution >= 4 is 11.6 Å². The maximum absolute atomic E-state index is 5.89. The smallest absolute Gasteiger partial charge is 0.193 e. The molecule has 0 saturated carbocycles. The molecule has 1 aliphatic heterocycles. The standard InChI is InChI=1S/C16H18ClNO2/c1-3-18-16(14-6-7-15(17)20-14)11-4-5-13-12(9-11)8-10(2)19-13/h4-7,9-10,16,18H,3,8H2,1-2H3. The average Bonchev–Trinajstić information content (AvgIpc) is 3.00. The summed E-state index contributed by atoms with van der Waals surface area (Å²) in [5, 5.41) is 3.86. The second kappa shape index (κ2) is 5.51. The lowest BCUT2D eigenvalue weighted by atomic mass is 10.00. The minimum absolute atomic E-state index is 0.0220. The Labute approximate surface area is 123 Å². The van der Waals surface area contributed by atoms with Crippen LogP contribution in [0.2, 0.25) is 5.22 Å². The molecule has 1 aliphatic rings. The van der Waals surface area contributed by atoms with Gasteiger partial charge in [0.2, 0.25) is 0 Å². The van der Waals surface area contributed by atoms with E-state index in [-0.39, 0.29) is 12.1 Å². The van der Waals surface area contributed by atoms with E-state index >= 15 is 0 Å². The van der Waals surface area contributed by atoms with E-state index in [2.05, 4.69) is 31.3 Å². The summed E-state index contributed by atoms with van der Waals surface area (Å²) in [6.45, 7) is 5.02. The number of rotatable bonds is 4. The minimum Gasteiger partial charge on any atom is -0.490 e. The van der Waals surface area contributed by atoms with Crippen LogP contribution in [-0.2, 0) is 6.42 Å². The van der Waals surface area contributed by atoms with Gasteiger partial charge in [-0.15, -0.1) is 0 Å². The Balaban J connectivity index is 1.94. The predicted octanol–water partition coefficient (Wildman–Crippen LogP) is 3.96. The minimum atomic E-state index is 0.0220. The normalized spacial score (nSPS) is 18.6. The molecule has 0 saturated heterocycles. The van der Waals surface area contributed by atoms with Crippen molar-refractivity contribution in [2.45, 2.75) is 32.4 Å². The van der Waals surface area contributed by atoms with Crippen LogP contribution in [0, 0.1) is 0 Å². The summed E-state index contributed by atoms with van der Waals surface area (Å²) in [4.78, 5) is 0. The molecule has 0 radical (unpaired) electrons. The average molecular weight is 292 g/mol. The first-order valence-corrected chi connectivity index (χ1v) is 7.33. The van der Waals surface area contributed by atoms with Gasteiger partial charge in [0.25, 0.3) is 0 Å². The fraction of sp³-hybridized carbons (Fsp3) is 0.375. The van der Waals surface area contributed by atoms with Gasteiger partial charge < -0.3 is 14.5 Å². The molecule has 2 unspecified atom stereocenters. The molecule has 0 aliphatic carbocycles. The Morgan fingerprint density at radius 2 is 2.20 bits per heavy atom. The summed E-state index contributed by atoms with van der Waals surface area (Å²) in [7, 11) is 0. The molecule has 3 rings (SSSR count). The summed E-state index contributed by atoms with van der Waals surface area (Å²) in [5.41, 5.74) is 2.44. The highest BCUT2D eigenvalue weighted by atomic mass is 35.5. The highest BCUT2D eigenvalue weighted by Crippen LogP contribution is 2.33. The number of furan rings is 1. The molecule has 106 valence electrons. The number of hydrogen-bond acceptors (Lipinski definition) is 3.